The Labute approximate surface area is 110 Å². The van der Waals surface area contributed by atoms with Crippen molar-refractivity contribution in [3.05, 3.63) is 0 Å². The Morgan fingerprint density at radius 3 is 2.72 bits per heavy atom. The lowest BCUT2D eigenvalue weighted by Gasteiger charge is -2.19. The van der Waals surface area contributed by atoms with Crippen molar-refractivity contribution >= 4 is 9.84 Å². The largest absolute Gasteiger partial charge is 0.377 e. The average Bonchev–Trinajstić information content (AvgIpc) is 2.96. The lowest BCUT2D eigenvalue weighted by molar-refractivity contribution is 0.127. The van der Waals surface area contributed by atoms with E-state index in [1.165, 1.54) is 19.3 Å². The molecule has 1 N–H and O–H groups in total. The lowest BCUT2D eigenvalue weighted by atomic mass is 10.0. The molecule has 4 nitrogen and oxygen atoms in total. The first-order chi connectivity index (χ1) is 8.61. The van der Waals surface area contributed by atoms with E-state index in [9.17, 15) is 8.42 Å². The number of ether oxygens (including phenoxy) is 1. The summed E-state index contributed by atoms with van der Waals surface area (Å²) in [4.78, 5) is 0. The van der Waals surface area contributed by atoms with E-state index < -0.39 is 9.84 Å². The van der Waals surface area contributed by atoms with Crippen LogP contribution in [0.15, 0.2) is 0 Å². The van der Waals surface area contributed by atoms with Gasteiger partial charge in [0.1, 0.15) is 0 Å². The first kappa shape index (κ1) is 14.3. The molecular weight excluding hydrogens is 250 g/mol. The van der Waals surface area contributed by atoms with Crippen molar-refractivity contribution in [1.29, 1.82) is 0 Å². The van der Waals surface area contributed by atoms with Gasteiger partial charge in [-0.1, -0.05) is 6.42 Å². The molecule has 0 radical (unpaired) electrons. The first-order valence-corrected chi connectivity index (χ1v) is 8.92. The third-order valence-electron chi connectivity index (χ3n) is 4.29. The zero-order valence-corrected chi connectivity index (χ0v) is 12.0. The highest BCUT2D eigenvalue weighted by Crippen LogP contribution is 2.28. The third kappa shape index (κ3) is 3.93. The maximum Gasteiger partial charge on any atom is 0.152 e. The van der Waals surface area contributed by atoms with Gasteiger partial charge in [0.05, 0.1) is 17.6 Å². The molecule has 0 spiro atoms. The van der Waals surface area contributed by atoms with E-state index in [1.807, 2.05) is 7.05 Å². The third-order valence-corrected chi connectivity index (χ3v) is 6.03. The van der Waals surface area contributed by atoms with Gasteiger partial charge in [0, 0.05) is 12.6 Å². The summed E-state index contributed by atoms with van der Waals surface area (Å²) in [5, 5.41) is 3.30. The average molecular weight is 275 g/mol. The topological polar surface area (TPSA) is 55.4 Å². The van der Waals surface area contributed by atoms with Gasteiger partial charge in [-0.15, -0.1) is 0 Å². The van der Waals surface area contributed by atoms with Crippen LogP contribution in [0.4, 0.5) is 0 Å². The molecule has 2 fully saturated rings. The van der Waals surface area contributed by atoms with E-state index in [4.69, 9.17) is 4.74 Å². The van der Waals surface area contributed by atoms with Crippen LogP contribution in [0, 0.1) is 5.92 Å². The summed E-state index contributed by atoms with van der Waals surface area (Å²) in [6.45, 7) is 0.727. The molecule has 1 saturated heterocycles. The normalized spacial score (nSPS) is 33.1. The molecule has 2 rings (SSSR count). The molecule has 0 amide bonds. The fourth-order valence-corrected chi connectivity index (χ4v) is 4.89. The number of hydrogen-bond acceptors (Lipinski definition) is 4. The van der Waals surface area contributed by atoms with E-state index in [1.54, 1.807) is 0 Å². The highest BCUT2D eigenvalue weighted by molar-refractivity contribution is 7.91. The Morgan fingerprint density at radius 2 is 2.06 bits per heavy atom. The maximum absolute atomic E-state index is 12.0. The second-order valence-electron chi connectivity index (χ2n) is 5.62. The minimum Gasteiger partial charge on any atom is -0.377 e. The van der Waals surface area contributed by atoms with Gasteiger partial charge in [-0.25, -0.2) is 8.42 Å². The van der Waals surface area contributed by atoms with Gasteiger partial charge < -0.3 is 10.1 Å². The van der Waals surface area contributed by atoms with Crippen molar-refractivity contribution in [2.75, 3.05) is 25.2 Å². The number of sulfone groups is 1. The summed E-state index contributed by atoms with van der Waals surface area (Å²) >= 11 is 0. The first-order valence-electron chi connectivity index (χ1n) is 7.10. The fourth-order valence-electron chi connectivity index (χ4n) is 3.24. The number of nitrogens with one attached hydrogen (secondary N) is 1. The van der Waals surface area contributed by atoms with Crippen LogP contribution >= 0.6 is 0 Å². The van der Waals surface area contributed by atoms with E-state index >= 15 is 0 Å². The van der Waals surface area contributed by atoms with Gasteiger partial charge in [-0.3, -0.25) is 0 Å². The summed E-state index contributed by atoms with van der Waals surface area (Å²) in [5.74, 6) is 1.09. The van der Waals surface area contributed by atoms with E-state index in [0.717, 1.165) is 25.9 Å². The van der Waals surface area contributed by atoms with Crippen LogP contribution in [0.2, 0.25) is 0 Å². The van der Waals surface area contributed by atoms with Gasteiger partial charge >= 0.3 is 0 Å². The standard InChI is InChI=1S/C13H25NO3S/c1-14-13-6-2-4-11(13)7-9-18(15,16)10-12-5-3-8-17-12/h11-14H,2-10H2,1H3. The van der Waals surface area contributed by atoms with Gasteiger partial charge in [0.2, 0.25) is 0 Å². The molecule has 3 atom stereocenters. The van der Waals surface area contributed by atoms with Crippen LogP contribution in [0.5, 0.6) is 0 Å². The lowest BCUT2D eigenvalue weighted by Crippen LogP contribution is -2.31. The van der Waals surface area contributed by atoms with Crippen LogP contribution in [0.3, 0.4) is 0 Å². The van der Waals surface area contributed by atoms with Crippen molar-refractivity contribution in [1.82, 2.24) is 5.32 Å². The van der Waals surface area contributed by atoms with Gasteiger partial charge in [0.25, 0.3) is 0 Å². The zero-order chi connectivity index (χ0) is 13.0. The molecule has 0 aromatic heterocycles. The molecule has 2 aliphatic rings. The van der Waals surface area contributed by atoms with Gasteiger partial charge in [0.15, 0.2) is 9.84 Å². The van der Waals surface area contributed by atoms with Crippen LogP contribution in [-0.2, 0) is 14.6 Å². The van der Waals surface area contributed by atoms with Crippen LogP contribution in [0.25, 0.3) is 0 Å². The van der Waals surface area contributed by atoms with Crippen LogP contribution in [0.1, 0.15) is 38.5 Å². The Kier molecular flexibility index (Phi) is 5.04. The molecule has 1 saturated carbocycles. The molecule has 1 aliphatic carbocycles. The maximum atomic E-state index is 12.0. The smallest absolute Gasteiger partial charge is 0.152 e. The molecule has 3 unspecified atom stereocenters. The van der Waals surface area contributed by atoms with E-state index in [-0.39, 0.29) is 11.9 Å². The minimum absolute atomic E-state index is 0.0429. The van der Waals surface area contributed by atoms with E-state index in [2.05, 4.69) is 5.32 Å². The molecule has 1 aliphatic heterocycles. The molecule has 18 heavy (non-hydrogen) atoms. The van der Waals surface area contributed by atoms with E-state index in [0.29, 0.717) is 17.7 Å². The Bertz CT molecular complexity index is 349. The van der Waals surface area contributed by atoms with Gasteiger partial charge in [-0.2, -0.15) is 0 Å². The van der Waals surface area contributed by atoms with Crippen molar-refractivity contribution in [2.24, 2.45) is 5.92 Å². The molecule has 0 aromatic rings. The summed E-state index contributed by atoms with van der Waals surface area (Å²) < 4.78 is 29.5. The molecular formula is C13H25NO3S. The number of rotatable bonds is 6. The molecule has 5 heteroatoms. The summed E-state index contributed by atoms with van der Waals surface area (Å²) in [6.07, 6.45) is 6.25. The fraction of sp³-hybridized carbons (Fsp3) is 1.00. The van der Waals surface area contributed by atoms with Crippen molar-refractivity contribution < 1.29 is 13.2 Å². The quantitative estimate of drug-likeness (QED) is 0.795. The van der Waals surface area contributed by atoms with Crippen LogP contribution in [-0.4, -0.2) is 45.7 Å². The monoisotopic (exact) mass is 275 g/mol. The van der Waals surface area contributed by atoms with Crippen molar-refractivity contribution in [2.45, 2.75) is 50.7 Å². The minimum atomic E-state index is -2.94. The second kappa shape index (κ2) is 6.35. The summed E-state index contributed by atoms with van der Waals surface area (Å²) in [6, 6.07) is 0.517. The Morgan fingerprint density at radius 1 is 1.22 bits per heavy atom. The van der Waals surface area contributed by atoms with Crippen molar-refractivity contribution in [3.8, 4) is 0 Å². The summed E-state index contributed by atoms with van der Waals surface area (Å²) in [7, 11) is -0.961. The molecule has 0 aromatic carbocycles. The zero-order valence-electron chi connectivity index (χ0n) is 11.2. The van der Waals surface area contributed by atoms with Crippen LogP contribution < -0.4 is 5.32 Å². The predicted octanol–water partition coefficient (Wildman–Crippen LogP) is 1.36. The Hall–Kier alpha value is -0.130. The second-order valence-corrected chi connectivity index (χ2v) is 7.85. The predicted molar refractivity (Wildman–Crippen MR) is 72.4 cm³/mol. The highest BCUT2D eigenvalue weighted by Gasteiger charge is 2.29. The molecule has 1 heterocycles. The summed E-state index contributed by atoms with van der Waals surface area (Å²) in [5.41, 5.74) is 0. The van der Waals surface area contributed by atoms with Gasteiger partial charge in [-0.05, 0) is 45.1 Å². The highest BCUT2D eigenvalue weighted by atomic mass is 32.2. The SMILES string of the molecule is CNC1CCCC1CCS(=O)(=O)CC1CCCO1. The Balaban J connectivity index is 1.77. The molecule has 0 bridgehead atoms. The molecule has 106 valence electrons. The number of hydrogen-bond donors (Lipinski definition) is 1. The van der Waals surface area contributed by atoms with Crippen molar-refractivity contribution in [3.63, 3.8) is 0 Å².